The number of Topliss-reactive ketones (excluding diaryl/α,β-unsaturated/α-hetero) is 5. The molecule has 0 unspecified atom stereocenters. The number of hydrogen-bond donors (Lipinski definition) is 0. The van der Waals surface area contributed by atoms with Gasteiger partial charge in [0, 0.05) is 38.3 Å². The topological polar surface area (TPSA) is 286 Å². The quantitative estimate of drug-likeness (QED) is 0.105. The fourth-order valence-electron chi connectivity index (χ4n) is 4.02. The Morgan fingerprint density at radius 2 is 0.779 bits per heavy atom. The molecule has 0 spiro atoms. The van der Waals surface area contributed by atoms with Crippen LogP contribution >= 0.6 is 0 Å². The van der Waals surface area contributed by atoms with E-state index < -0.39 is 140 Å². The number of nitrogens with zero attached hydrogens (tertiary/aromatic N) is 1. The molecule has 1 saturated heterocycles. The van der Waals surface area contributed by atoms with Crippen molar-refractivity contribution in [3.63, 3.8) is 0 Å². The summed E-state index contributed by atoms with van der Waals surface area (Å²) in [7, 11) is -9.33. The molecule has 0 aromatic rings. The molecule has 1 aliphatic heterocycles. The zero-order valence-electron chi connectivity index (χ0n) is 36.8. The summed E-state index contributed by atoms with van der Waals surface area (Å²) in [6, 6.07) is 0. The van der Waals surface area contributed by atoms with Crippen LogP contribution < -0.4 is 0 Å². The summed E-state index contributed by atoms with van der Waals surface area (Å²) in [4.78, 5) is 78.1. The van der Waals surface area contributed by atoms with Gasteiger partial charge in [-0.1, -0.05) is 46.6 Å². The van der Waals surface area contributed by atoms with Crippen LogP contribution in [0.2, 0.25) is 0 Å². The molecule has 0 aromatic heterocycles. The van der Waals surface area contributed by atoms with Crippen molar-refractivity contribution in [3.8, 4) is 0 Å². The van der Waals surface area contributed by atoms with E-state index in [9.17, 15) is 86.2 Å². The Morgan fingerprint density at radius 1 is 0.515 bits per heavy atom. The maximum Gasteiger partial charge on any atom is 0.425 e. The Bertz CT molecular complexity index is 2010. The lowest BCUT2D eigenvalue weighted by atomic mass is 9.99. The van der Waals surface area contributed by atoms with E-state index in [0.29, 0.717) is 31.1 Å². The number of likely N-dealkylation sites (tertiary alicyclic amines) is 1. The van der Waals surface area contributed by atoms with E-state index in [4.69, 9.17) is 37.9 Å². The highest BCUT2D eigenvalue weighted by atomic mass is 32.2. The number of hydrogen-bond acceptors (Lipinski definition) is 17. The Labute approximate surface area is 384 Å². The molecule has 1 amide bonds. The zero-order valence-corrected chi connectivity index (χ0v) is 39.3. The standard InChI is InChI=1S/C14H17F4NO3.C12H18F4O3.C9H12F4O2.3O3S/c1-3-4-5-10(20)13(15,16)14(17,18)11(21)8-19-9(2)6-7-12(19)22;1-5-6-7-8(17)11(13,14)12(15,16)9(18)19-10(2,3)4;1-3-4-5-7(15)9(12,13)8(10,11)6(2)14;3*1-4(2)3/h2-8H2,1H3;5-7H2,1-4H3;3-5H2,1-2H3;;;. The van der Waals surface area contributed by atoms with Crippen LogP contribution in [0.25, 0.3) is 0 Å². The summed E-state index contributed by atoms with van der Waals surface area (Å²) in [6.07, 6.45) is -0.513. The number of halogens is 12. The summed E-state index contributed by atoms with van der Waals surface area (Å²) in [5.74, 6) is -43.2. The molecule has 68 heavy (non-hydrogen) atoms. The first-order valence-corrected chi connectivity index (χ1v) is 21.7. The molecule has 1 rings (SSSR count). The second kappa shape index (κ2) is 31.2. The Balaban J connectivity index is -0.000000263. The van der Waals surface area contributed by atoms with Crippen LogP contribution in [0.5, 0.6) is 0 Å². The van der Waals surface area contributed by atoms with Crippen LogP contribution in [-0.2, 0) is 70.1 Å². The molecular weight excluding hydrogens is 1030 g/mol. The molecule has 0 N–H and O–H groups in total. The van der Waals surface area contributed by atoms with Crippen molar-refractivity contribution in [2.24, 2.45) is 0 Å². The Kier molecular flexibility index (Phi) is 33.1. The van der Waals surface area contributed by atoms with Gasteiger partial charge in [0.25, 0.3) is 0 Å². The molecule has 396 valence electrons. The molecule has 0 atom stereocenters. The number of carbonyl (C=O) groups is 7. The van der Waals surface area contributed by atoms with Gasteiger partial charge in [0.2, 0.25) is 34.8 Å². The van der Waals surface area contributed by atoms with Crippen LogP contribution in [0.15, 0.2) is 12.3 Å². The minimum atomic E-state index is -5.16. The van der Waals surface area contributed by atoms with Gasteiger partial charge >= 0.3 is 73.3 Å². The van der Waals surface area contributed by atoms with Crippen LogP contribution in [0, 0.1) is 0 Å². The van der Waals surface area contributed by atoms with Gasteiger partial charge in [-0.3, -0.25) is 28.8 Å². The van der Waals surface area contributed by atoms with Crippen molar-refractivity contribution >= 4 is 72.6 Å². The molecule has 0 bridgehead atoms. The number of carbonyl (C=O) groups excluding carboxylic acids is 7. The highest BCUT2D eigenvalue weighted by Gasteiger charge is 2.68. The molecular formula is C35H47F12NO17S3. The molecule has 33 heteroatoms. The van der Waals surface area contributed by atoms with E-state index in [2.05, 4.69) is 11.3 Å². The number of amides is 1. The molecule has 1 aliphatic rings. The minimum Gasteiger partial charge on any atom is -0.455 e. The lowest BCUT2D eigenvalue weighted by Crippen LogP contribution is -2.54. The predicted molar refractivity (Wildman–Crippen MR) is 204 cm³/mol. The molecule has 1 heterocycles. The number of ketones is 5. The molecule has 0 radical (unpaired) electrons. The van der Waals surface area contributed by atoms with Crippen molar-refractivity contribution in [3.05, 3.63) is 12.3 Å². The van der Waals surface area contributed by atoms with Gasteiger partial charge < -0.3 is 9.64 Å². The second-order valence-electron chi connectivity index (χ2n) is 14.2. The van der Waals surface area contributed by atoms with E-state index in [1.54, 1.807) is 20.8 Å². The number of unbranched alkanes of at least 4 members (excludes halogenated alkanes) is 3. The number of alkyl halides is 12. The lowest BCUT2D eigenvalue weighted by Gasteiger charge is -2.27. The van der Waals surface area contributed by atoms with Gasteiger partial charge in [0.15, 0.2) is 0 Å². The fraction of sp³-hybridized carbons (Fsp3) is 0.743. The van der Waals surface area contributed by atoms with Gasteiger partial charge in [-0.25, -0.2) is 4.79 Å². The van der Waals surface area contributed by atoms with Crippen LogP contribution in [-0.4, -0.2) is 131 Å². The van der Waals surface area contributed by atoms with Crippen LogP contribution in [0.3, 0.4) is 0 Å². The van der Waals surface area contributed by atoms with Gasteiger partial charge in [-0.2, -0.15) is 52.7 Å². The number of rotatable bonds is 20. The average molecular weight is 1080 g/mol. The monoisotopic (exact) mass is 1080 g/mol. The molecule has 0 aromatic carbocycles. The summed E-state index contributed by atoms with van der Waals surface area (Å²) < 4.78 is 239. The summed E-state index contributed by atoms with van der Waals surface area (Å²) >= 11 is 0. The van der Waals surface area contributed by atoms with Crippen LogP contribution in [0.4, 0.5) is 52.7 Å². The maximum atomic E-state index is 13.7. The Morgan fingerprint density at radius 3 is 1.01 bits per heavy atom. The lowest BCUT2D eigenvalue weighted by molar-refractivity contribution is -0.231. The summed E-state index contributed by atoms with van der Waals surface area (Å²) in [5.41, 5.74) is -1.22. The van der Waals surface area contributed by atoms with E-state index >= 15 is 0 Å². The number of allylic oxidation sites excluding steroid dienone is 1. The summed E-state index contributed by atoms with van der Waals surface area (Å²) in [6.45, 7) is 11.2. The highest BCUT2D eigenvalue weighted by Crippen LogP contribution is 2.40. The third-order valence-corrected chi connectivity index (χ3v) is 7.57. The van der Waals surface area contributed by atoms with Crippen molar-refractivity contribution in [2.75, 3.05) is 6.54 Å². The maximum absolute atomic E-state index is 13.7. The van der Waals surface area contributed by atoms with Crippen molar-refractivity contribution in [2.45, 2.75) is 160 Å². The van der Waals surface area contributed by atoms with E-state index in [1.165, 1.54) is 20.8 Å². The second-order valence-corrected chi connectivity index (χ2v) is 15.4. The first-order valence-electron chi connectivity index (χ1n) is 18.7. The minimum absolute atomic E-state index is 0.0104. The molecule has 1 fully saturated rings. The average Bonchev–Trinajstić information content (AvgIpc) is 3.48. The van der Waals surface area contributed by atoms with Crippen LogP contribution in [0.1, 0.15) is 119 Å². The van der Waals surface area contributed by atoms with E-state index in [-0.39, 0.29) is 37.8 Å². The summed E-state index contributed by atoms with van der Waals surface area (Å²) in [5, 5.41) is 0. The van der Waals surface area contributed by atoms with Crippen molar-refractivity contribution < 1.29 is 129 Å². The molecule has 0 saturated carbocycles. The van der Waals surface area contributed by atoms with Gasteiger partial charge in [-0.05, 0) is 46.5 Å². The van der Waals surface area contributed by atoms with Gasteiger partial charge in [0.05, 0.1) is 6.54 Å². The third kappa shape index (κ3) is 26.0. The number of ether oxygens (including phenoxy) is 1. The predicted octanol–water partition coefficient (Wildman–Crippen LogP) is 5.67. The fourth-order valence-corrected chi connectivity index (χ4v) is 4.02. The van der Waals surface area contributed by atoms with E-state index in [0.717, 1.165) is 0 Å². The zero-order chi connectivity index (χ0) is 55.6. The third-order valence-electron chi connectivity index (χ3n) is 7.57. The highest BCUT2D eigenvalue weighted by molar-refractivity contribution is 7.59. The van der Waals surface area contributed by atoms with Crippen molar-refractivity contribution in [1.82, 2.24) is 4.90 Å². The SMILES string of the molecule is C=C1CCC(=O)N1CC(=O)C(F)(F)C(F)(F)C(=O)CCCC.CCCCC(=O)C(F)(F)C(F)(F)C(=O)OC(C)(C)C.CCCCC(=O)C(F)(F)C(F)(F)C(C)=O.O=S(=O)=O.O=S(=O)=O.O=S(=O)=O. The van der Waals surface area contributed by atoms with Gasteiger partial charge in [-0.15, -0.1) is 37.9 Å². The molecule has 18 nitrogen and oxygen atoms in total. The van der Waals surface area contributed by atoms with E-state index in [1.807, 2.05) is 0 Å². The normalized spacial score (nSPS) is 12.8. The Hall–Kier alpha value is -4.95. The smallest absolute Gasteiger partial charge is 0.425 e. The van der Waals surface area contributed by atoms with Crippen molar-refractivity contribution in [1.29, 1.82) is 0 Å². The number of esters is 1. The first kappa shape index (κ1) is 72.0. The molecule has 0 aliphatic carbocycles. The first-order chi connectivity index (χ1) is 30.3. The van der Waals surface area contributed by atoms with Gasteiger partial charge in [0.1, 0.15) is 5.60 Å². The largest absolute Gasteiger partial charge is 0.455 e.